The van der Waals surface area contributed by atoms with E-state index in [-0.39, 0.29) is 11.3 Å². The molecule has 2 N–H and O–H groups in total. The van der Waals surface area contributed by atoms with Crippen LogP contribution >= 0.6 is 0 Å². The van der Waals surface area contributed by atoms with Crippen molar-refractivity contribution in [1.29, 1.82) is 0 Å². The maximum atomic E-state index is 12.9. The minimum atomic E-state index is -4.48. The fourth-order valence-corrected chi connectivity index (χ4v) is 3.38. The molecule has 0 spiro atoms. The number of carbonyl (C=O) groups excluding carboxylic acids is 1. The second-order valence-electron chi connectivity index (χ2n) is 6.56. The van der Waals surface area contributed by atoms with E-state index in [2.05, 4.69) is 10.4 Å². The largest absolute Gasteiger partial charge is 0.481 e. The summed E-state index contributed by atoms with van der Waals surface area (Å²) in [6.07, 6.45) is -1.42. The van der Waals surface area contributed by atoms with Gasteiger partial charge in [-0.1, -0.05) is 12.5 Å². The first-order chi connectivity index (χ1) is 12.7. The molecule has 0 aliphatic heterocycles. The van der Waals surface area contributed by atoms with Crippen molar-refractivity contribution in [2.45, 2.75) is 38.4 Å². The van der Waals surface area contributed by atoms with Crippen LogP contribution in [0.4, 0.5) is 13.2 Å². The van der Waals surface area contributed by atoms with Gasteiger partial charge in [-0.15, -0.1) is 0 Å². The van der Waals surface area contributed by atoms with Gasteiger partial charge in [0.15, 0.2) is 0 Å². The number of carboxylic acid groups (broad SMARTS) is 1. The van der Waals surface area contributed by atoms with Gasteiger partial charge >= 0.3 is 12.1 Å². The Bertz CT molecular complexity index is 876. The summed E-state index contributed by atoms with van der Waals surface area (Å²) in [6, 6.07) is 4.19. The van der Waals surface area contributed by atoms with Gasteiger partial charge in [0.1, 0.15) is 0 Å². The topological polar surface area (TPSA) is 84.2 Å². The highest BCUT2D eigenvalue weighted by atomic mass is 19.4. The number of aliphatic carboxylic acids is 1. The minimum absolute atomic E-state index is 0.186. The number of carbonyl (C=O) groups is 2. The van der Waals surface area contributed by atoms with Crippen molar-refractivity contribution < 1.29 is 27.9 Å². The SMILES string of the molecule is Cc1c(C(=O)N[C@@H]2CCC[C@@H]2C(=O)O)cnn1-c1cccc(C(F)(F)F)c1. The molecule has 1 amide bonds. The van der Waals surface area contributed by atoms with Crippen LogP contribution in [-0.2, 0) is 11.0 Å². The van der Waals surface area contributed by atoms with Gasteiger partial charge in [0.2, 0.25) is 0 Å². The van der Waals surface area contributed by atoms with Crippen LogP contribution in [0.15, 0.2) is 30.5 Å². The molecule has 1 aromatic heterocycles. The summed E-state index contributed by atoms with van der Waals surface area (Å²) in [4.78, 5) is 23.8. The predicted octanol–water partition coefficient (Wildman–Crippen LogP) is 3.18. The number of carboxylic acids is 1. The lowest BCUT2D eigenvalue weighted by atomic mass is 10.0. The smallest absolute Gasteiger partial charge is 0.416 e. The molecule has 144 valence electrons. The van der Waals surface area contributed by atoms with Crippen molar-refractivity contribution in [1.82, 2.24) is 15.1 Å². The van der Waals surface area contributed by atoms with E-state index >= 15 is 0 Å². The van der Waals surface area contributed by atoms with Crippen LogP contribution in [0.5, 0.6) is 0 Å². The number of benzene rings is 1. The first-order valence-corrected chi connectivity index (χ1v) is 8.44. The average Bonchev–Trinajstić information content (AvgIpc) is 3.20. The maximum absolute atomic E-state index is 12.9. The first kappa shape index (κ1) is 18.9. The fraction of sp³-hybridized carbons (Fsp3) is 0.389. The summed E-state index contributed by atoms with van der Waals surface area (Å²) in [7, 11) is 0. The Morgan fingerprint density at radius 1 is 1.30 bits per heavy atom. The molecule has 1 aliphatic rings. The van der Waals surface area contributed by atoms with Crippen LogP contribution in [-0.4, -0.2) is 32.8 Å². The first-order valence-electron chi connectivity index (χ1n) is 8.44. The highest BCUT2D eigenvalue weighted by Gasteiger charge is 2.34. The van der Waals surface area contributed by atoms with Crippen LogP contribution in [0.3, 0.4) is 0 Å². The zero-order valence-corrected chi connectivity index (χ0v) is 14.5. The fourth-order valence-electron chi connectivity index (χ4n) is 3.38. The predicted molar refractivity (Wildman–Crippen MR) is 89.5 cm³/mol. The van der Waals surface area contributed by atoms with E-state index in [1.165, 1.54) is 23.0 Å². The van der Waals surface area contributed by atoms with Gasteiger partial charge in [-0.2, -0.15) is 18.3 Å². The molecule has 1 fully saturated rings. The summed E-state index contributed by atoms with van der Waals surface area (Å²) in [6.45, 7) is 1.57. The van der Waals surface area contributed by atoms with Gasteiger partial charge in [0.25, 0.3) is 5.91 Å². The van der Waals surface area contributed by atoms with E-state index < -0.39 is 35.6 Å². The van der Waals surface area contributed by atoms with E-state index in [0.29, 0.717) is 25.0 Å². The van der Waals surface area contributed by atoms with Gasteiger partial charge in [-0.05, 0) is 38.0 Å². The Hall–Kier alpha value is -2.84. The van der Waals surface area contributed by atoms with E-state index in [4.69, 9.17) is 0 Å². The van der Waals surface area contributed by atoms with E-state index in [9.17, 15) is 27.9 Å². The summed E-state index contributed by atoms with van der Waals surface area (Å²) in [5.74, 6) is -2.06. The Morgan fingerprint density at radius 3 is 2.70 bits per heavy atom. The Morgan fingerprint density at radius 2 is 2.04 bits per heavy atom. The lowest BCUT2D eigenvalue weighted by molar-refractivity contribution is -0.142. The molecule has 0 unspecified atom stereocenters. The zero-order valence-electron chi connectivity index (χ0n) is 14.5. The van der Waals surface area contributed by atoms with Gasteiger partial charge in [-0.3, -0.25) is 9.59 Å². The molecule has 9 heteroatoms. The average molecular weight is 381 g/mol. The van der Waals surface area contributed by atoms with E-state index in [1.807, 2.05) is 0 Å². The number of hydrogen-bond donors (Lipinski definition) is 2. The molecule has 1 aliphatic carbocycles. The Labute approximate surface area is 153 Å². The summed E-state index contributed by atoms with van der Waals surface area (Å²) < 4.78 is 40.0. The normalized spacial score (nSPS) is 19.9. The van der Waals surface area contributed by atoms with Crippen molar-refractivity contribution in [3.63, 3.8) is 0 Å². The second-order valence-corrected chi connectivity index (χ2v) is 6.56. The number of halogens is 3. The Kier molecular flexibility index (Phi) is 4.95. The van der Waals surface area contributed by atoms with Crippen molar-refractivity contribution >= 4 is 11.9 Å². The van der Waals surface area contributed by atoms with Crippen molar-refractivity contribution in [2.24, 2.45) is 5.92 Å². The van der Waals surface area contributed by atoms with Crippen molar-refractivity contribution in [3.8, 4) is 5.69 Å². The van der Waals surface area contributed by atoms with Gasteiger partial charge in [0, 0.05) is 6.04 Å². The number of hydrogen-bond acceptors (Lipinski definition) is 3. The molecule has 0 bridgehead atoms. The standard InChI is InChI=1S/C18H18F3N3O3/c1-10-14(16(25)23-15-7-3-6-13(15)17(26)27)9-22-24(10)12-5-2-4-11(8-12)18(19,20)21/h2,4-5,8-9,13,15H,3,6-7H2,1H3,(H,23,25)(H,26,27)/t13-,15+/m0/s1. The van der Waals surface area contributed by atoms with Crippen LogP contribution in [0.1, 0.15) is 40.9 Å². The third kappa shape index (κ3) is 3.81. The molecule has 1 saturated carbocycles. The second kappa shape index (κ2) is 7.05. The number of nitrogens with zero attached hydrogens (tertiary/aromatic N) is 2. The molecule has 0 radical (unpaired) electrons. The molecule has 27 heavy (non-hydrogen) atoms. The Balaban J connectivity index is 1.83. The van der Waals surface area contributed by atoms with Gasteiger partial charge < -0.3 is 10.4 Å². The molecule has 6 nitrogen and oxygen atoms in total. The van der Waals surface area contributed by atoms with Crippen molar-refractivity contribution in [2.75, 3.05) is 0 Å². The molecular formula is C18H18F3N3O3. The maximum Gasteiger partial charge on any atom is 0.416 e. The van der Waals surface area contributed by atoms with Gasteiger partial charge in [0.05, 0.1) is 34.6 Å². The molecule has 3 rings (SSSR count). The van der Waals surface area contributed by atoms with Crippen molar-refractivity contribution in [3.05, 3.63) is 47.3 Å². The monoisotopic (exact) mass is 381 g/mol. The molecule has 2 atom stereocenters. The lowest BCUT2D eigenvalue weighted by Crippen LogP contribution is -2.40. The summed E-state index contributed by atoms with van der Waals surface area (Å²) >= 11 is 0. The van der Waals surface area contributed by atoms with Crippen LogP contribution < -0.4 is 5.32 Å². The zero-order chi connectivity index (χ0) is 19.8. The number of amides is 1. The summed E-state index contributed by atoms with van der Waals surface area (Å²) in [5, 5.41) is 16.0. The molecule has 2 aromatic rings. The highest BCUT2D eigenvalue weighted by Crippen LogP contribution is 2.31. The third-order valence-electron chi connectivity index (χ3n) is 4.82. The molecule has 0 saturated heterocycles. The highest BCUT2D eigenvalue weighted by molar-refractivity contribution is 5.95. The number of aromatic nitrogens is 2. The number of nitrogens with one attached hydrogen (secondary N) is 1. The van der Waals surface area contributed by atoms with Gasteiger partial charge in [-0.25, -0.2) is 4.68 Å². The third-order valence-corrected chi connectivity index (χ3v) is 4.82. The molecule has 1 heterocycles. The van der Waals surface area contributed by atoms with Crippen LogP contribution in [0.2, 0.25) is 0 Å². The summed E-state index contributed by atoms with van der Waals surface area (Å²) in [5.41, 5.74) is -0.0537. The number of alkyl halides is 3. The minimum Gasteiger partial charge on any atom is -0.481 e. The molecular weight excluding hydrogens is 363 g/mol. The molecule has 1 aromatic carbocycles. The van der Waals surface area contributed by atoms with E-state index in [1.54, 1.807) is 6.92 Å². The van der Waals surface area contributed by atoms with E-state index in [0.717, 1.165) is 12.1 Å². The quantitative estimate of drug-likeness (QED) is 0.852. The number of rotatable bonds is 4. The lowest BCUT2D eigenvalue weighted by Gasteiger charge is -2.17. The van der Waals surface area contributed by atoms with Crippen LogP contribution in [0.25, 0.3) is 5.69 Å². The van der Waals surface area contributed by atoms with Crippen LogP contribution in [0, 0.1) is 12.8 Å².